The summed E-state index contributed by atoms with van der Waals surface area (Å²) in [7, 11) is 1.94. The van der Waals surface area contributed by atoms with Crippen molar-refractivity contribution in [2.45, 2.75) is 12.6 Å². The van der Waals surface area contributed by atoms with Gasteiger partial charge in [0.1, 0.15) is 18.1 Å². The molecule has 0 saturated carbocycles. The summed E-state index contributed by atoms with van der Waals surface area (Å²) in [4.78, 5) is 30.8. The number of Topliss-reactive ketones (excluding diaryl/α,β-unsaturated/α-hetero) is 1. The minimum atomic E-state index is -0.727. The number of benzene rings is 2. The van der Waals surface area contributed by atoms with E-state index in [0.717, 1.165) is 10.6 Å². The minimum absolute atomic E-state index is 0.0678. The van der Waals surface area contributed by atoms with Gasteiger partial charge in [-0.3, -0.25) is 9.59 Å². The van der Waals surface area contributed by atoms with E-state index in [1.165, 1.54) is 16.2 Å². The second-order valence-electron chi connectivity index (χ2n) is 8.01. The van der Waals surface area contributed by atoms with Crippen LogP contribution >= 0.6 is 22.9 Å². The number of likely N-dealkylation sites (N-methyl/N-ethyl adjacent to an activating group) is 1. The standard InChI is InChI=1S/C25H21ClN2O4S/c1-27-10-11-32-20-9-6-16(13-19(20)27)23(29)21-22(15-4-7-17(26)8-5-15)28(25(31)24(21)30)14-18-3-2-12-33-18/h2-9,12-13,22,29H,10-11,14H2,1H3/b23-21-. The van der Waals surface area contributed by atoms with Crippen molar-refractivity contribution in [1.82, 2.24) is 4.90 Å². The molecule has 2 aliphatic rings. The highest BCUT2D eigenvalue weighted by Crippen LogP contribution is 2.42. The first-order valence-corrected chi connectivity index (χ1v) is 11.7. The van der Waals surface area contributed by atoms with Crippen LogP contribution in [0.1, 0.15) is 22.0 Å². The Hall–Kier alpha value is -3.29. The average Bonchev–Trinajstić information content (AvgIpc) is 3.42. The van der Waals surface area contributed by atoms with Gasteiger partial charge in [-0.1, -0.05) is 29.8 Å². The predicted molar refractivity (Wildman–Crippen MR) is 129 cm³/mol. The number of ketones is 1. The highest BCUT2D eigenvalue weighted by Gasteiger charge is 2.46. The highest BCUT2D eigenvalue weighted by molar-refractivity contribution is 7.09. The summed E-state index contributed by atoms with van der Waals surface area (Å²) in [5.74, 6) is -0.828. The largest absolute Gasteiger partial charge is 0.507 e. The van der Waals surface area contributed by atoms with Crippen molar-refractivity contribution in [3.63, 3.8) is 0 Å². The van der Waals surface area contributed by atoms with Crippen LogP contribution in [0.15, 0.2) is 65.6 Å². The lowest BCUT2D eigenvalue weighted by Crippen LogP contribution is -2.29. The van der Waals surface area contributed by atoms with Crippen molar-refractivity contribution < 1.29 is 19.4 Å². The van der Waals surface area contributed by atoms with E-state index in [0.29, 0.717) is 35.1 Å². The molecule has 0 bridgehead atoms. The number of nitrogens with zero attached hydrogens (tertiary/aromatic N) is 2. The Balaban J connectivity index is 1.64. The summed E-state index contributed by atoms with van der Waals surface area (Å²) in [5, 5.41) is 13.8. The maximum atomic E-state index is 13.2. The fraction of sp³-hybridized carbons (Fsp3) is 0.200. The van der Waals surface area contributed by atoms with Crippen molar-refractivity contribution in [1.29, 1.82) is 0 Å². The first-order chi connectivity index (χ1) is 15.9. The molecule has 0 aliphatic carbocycles. The van der Waals surface area contributed by atoms with Crippen LogP contribution in [-0.4, -0.2) is 41.9 Å². The number of halogens is 1. The molecular weight excluding hydrogens is 460 g/mol. The smallest absolute Gasteiger partial charge is 0.295 e. The summed E-state index contributed by atoms with van der Waals surface area (Å²) >= 11 is 7.59. The molecule has 168 valence electrons. The number of hydrogen-bond donors (Lipinski definition) is 1. The van der Waals surface area contributed by atoms with Crippen LogP contribution in [0.2, 0.25) is 5.02 Å². The van der Waals surface area contributed by atoms with Crippen LogP contribution in [0.3, 0.4) is 0 Å². The van der Waals surface area contributed by atoms with Crippen LogP contribution in [0.5, 0.6) is 5.75 Å². The molecule has 5 rings (SSSR count). The quantitative estimate of drug-likeness (QED) is 0.328. The van der Waals surface area contributed by atoms with E-state index in [2.05, 4.69) is 0 Å². The Morgan fingerprint density at radius 1 is 1.18 bits per heavy atom. The maximum Gasteiger partial charge on any atom is 0.295 e. The Bertz CT molecular complexity index is 1250. The van der Waals surface area contributed by atoms with E-state index in [-0.39, 0.29) is 17.9 Å². The third kappa shape index (κ3) is 3.87. The molecule has 1 N–H and O–H groups in total. The van der Waals surface area contributed by atoms with E-state index in [9.17, 15) is 14.7 Å². The van der Waals surface area contributed by atoms with Gasteiger partial charge in [0, 0.05) is 22.5 Å². The number of amides is 1. The predicted octanol–water partition coefficient (Wildman–Crippen LogP) is 4.85. The fourth-order valence-electron chi connectivity index (χ4n) is 4.26. The highest BCUT2D eigenvalue weighted by atomic mass is 35.5. The SMILES string of the molecule is CN1CCOc2ccc(/C(O)=C3/C(=O)C(=O)N(Cc4cccs4)C3c3ccc(Cl)cc3)cc21. The molecule has 1 unspecified atom stereocenters. The summed E-state index contributed by atoms with van der Waals surface area (Å²) in [6.07, 6.45) is 0. The fourth-order valence-corrected chi connectivity index (χ4v) is 5.09. The Kier molecular flexibility index (Phi) is 5.60. The number of aliphatic hydroxyl groups excluding tert-OH is 1. The number of carbonyl (C=O) groups excluding carboxylic acids is 2. The van der Waals surface area contributed by atoms with E-state index < -0.39 is 17.7 Å². The molecule has 1 atom stereocenters. The van der Waals surface area contributed by atoms with Gasteiger partial charge in [-0.25, -0.2) is 0 Å². The molecule has 1 aromatic heterocycles. The van der Waals surface area contributed by atoms with Gasteiger partial charge < -0.3 is 19.6 Å². The zero-order valence-corrected chi connectivity index (χ0v) is 19.4. The number of hydrogen-bond acceptors (Lipinski definition) is 6. The van der Waals surface area contributed by atoms with Crippen molar-refractivity contribution >= 4 is 46.1 Å². The van der Waals surface area contributed by atoms with Crippen molar-refractivity contribution in [2.24, 2.45) is 0 Å². The lowest BCUT2D eigenvalue weighted by Gasteiger charge is -2.28. The van der Waals surface area contributed by atoms with E-state index in [1.807, 2.05) is 29.5 Å². The molecule has 8 heteroatoms. The zero-order valence-electron chi connectivity index (χ0n) is 17.8. The summed E-state index contributed by atoms with van der Waals surface area (Å²) in [5.41, 5.74) is 2.05. The normalized spacial score (nSPS) is 19.5. The number of rotatable bonds is 4. The third-order valence-electron chi connectivity index (χ3n) is 5.96. The van der Waals surface area contributed by atoms with Gasteiger partial charge in [-0.15, -0.1) is 11.3 Å². The summed E-state index contributed by atoms with van der Waals surface area (Å²) in [6.45, 7) is 1.57. The zero-order chi connectivity index (χ0) is 23.1. The molecule has 0 spiro atoms. The van der Waals surface area contributed by atoms with Gasteiger partial charge in [0.25, 0.3) is 11.7 Å². The van der Waals surface area contributed by atoms with Gasteiger partial charge >= 0.3 is 0 Å². The van der Waals surface area contributed by atoms with Crippen molar-refractivity contribution in [3.8, 4) is 5.75 Å². The van der Waals surface area contributed by atoms with E-state index in [1.54, 1.807) is 42.5 Å². The topological polar surface area (TPSA) is 70.1 Å². The number of ether oxygens (including phenoxy) is 1. The molecule has 3 heterocycles. The Labute approximate surface area is 200 Å². The second-order valence-corrected chi connectivity index (χ2v) is 9.48. The van der Waals surface area contributed by atoms with E-state index in [4.69, 9.17) is 16.3 Å². The maximum absolute atomic E-state index is 13.2. The number of anilines is 1. The van der Waals surface area contributed by atoms with Gasteiger partial charge in [0.05, 0.1) is 30.4 Å². The molecule has 2 aliphatic heterocycles. The lowest BCUT2D eigenvalue weighted by molar-refractivity contribution is -0.140. The molecule has 33 heavy (non-hydrogen) atoms. The molecule has 6 nitrogen and oxygen atoms in total. The lowest BCUT2D eigenvalue weighted by atomic mass is 9.95. The number of likely N-dealkylation sites (tertiary alicyclic amines) is 1. The molecule has 1 saturated heterocycles. The summed E-state index contributed by atoms with van der Waals surface area (Å²) < 4.78 is 5.69. The number of fused-ring (bicyclic) bond motifs is 1. The van der Waals surface area contributed by atoms with Gasteiger partial charge in [-0.05, 0) is 47.3 Å². The van der Waals surface area contributed by atoms with Crippen LogP contribution in [0, 0.1) is 0 Å². The van der Waals surface area contributed by atoms with Gasteiger partial charge in [-0.2, -0.15) is 0 Å². The molecule has 2 aromatic carbocycles. The van der Waals surface area contributed by atoms with Crippen LogP contribution < -0.4 is 9.64 Å². The molecule has 1 amide bonds. The number of carbonyl (C=O) groups is 2. The molecule has 3 aromatic rings. The number of aliphatic hydroxyl groups is 1. The first kappa shape index (κ1) is 21.6. The molecule has 0 radical (unpaired) electrons. The van der Waals surface area contributed by atoms with Crippen LogP contribution in [0.25, 0.3) is 5.76 Å². The number of thiophene rings is 1. The first-order valence-electron chi connectivity index (χ1n) is 10.5. The molecular formula is C25H21ClN2O4S. The monoisotopic (exact) mass is 480 g/mol. The third-order valence-corrected chi connectivity index (χ3v) is 7.07. The van der Waals surface area contributed by atoms with Crippen LogP contribution in [-0.2, 0) is 16.1 Å². The van der Waals surface area contributed by atoms with Crippen molar-refractivity contribution in [3.05, 3.63) is 86.6 Å². The minimum Gasteiger partial charge on any atom is -0.507 e. The Morgan fingerprint density at radius 2 is 1.97 bits per heavy atom. The van der Waals surface area contributed by atoms with Gasteiger partial charge in [0.15, 0.2) is 0 Å². The van der Waals surface area contributed by atoms with Crippen LogP contribution in [0.4, 0.5) is 5.69 Å². The summed E-state index contributed by atoms with van der Waals surface area (Å²) in [6, 6.07) is 15.4. The Morgan fingerprint density at radius 3 is 2.70 bits per heavy atom. The van der Waals surface area contributed by atoms with Crippen molar-refractivity contribution in [2.75, 3.05) is 25.1 Å². The average molecular weight is 481 g/mol. The van der Waals surface area contributed by atoms with E-state index >= 15 is 0 Å². The molecule has 1 fully saturated rings. The second kappa shape index (κ2) is 8.57. The van der Waals surface area contributed by atoms with Gasteiger partial charge in [0.2, 0.25) is 0 Å².